The molecule has 0 amide bonds. The van der Waals surface area contributed by atoms with Crippen LogP contribution in [0.2, 0.25) is 0 Å². The third kappa shape index (κ3) is 2.87. The van der Waals surface area contributed by atoms with Gasteiger partial charge in [0.1, 0.15) is 17.5 Å². The van der Waals surface area contributed by atoms with Crippen LogP contribution in [0.5, 0.6) is 0 Å². The molecule has 1 aliphatic carbocycles. The Balaban J connectivity index is 1.88. The van der Waals surface area contributed by atoms with E-state index in [1.54, 1.807) is 0 Å². The number of nitrogens with two attached hydrogens (primary N) is 1. The summed E-state index contributed by atoms with van der Waals surface area (Å²) in [5.41, 5.74) is 7.14. The highest BCUT2D eigenvalue weighted by Crippen LogP contribution is 2.40. The smallest absolute Gasteiger partial charge is 0.137 e. The van der Waals surface area contributed by atoms with Gasteiger partial charge >= 0.3 is 0 Å². The summed E-state index contributed by atoms with van der Waals surface area (Å²) >= 11 is 2.06. The van der Waals surface area contributed by atoms with Crippen molar-refractivity contribution in [2.75, 3.05) is 29.5 Å². The van der Waals surface area contributed by atoms with Crippen molar-refractivity contribution in [3.63, 3.8) is 0 Å². The maximum absolute atomic E-state index is 6.10. The summed E-state index contributed by atoms with van der Waals surface area (Å²) in [4.78, 5) is 11.7. The number of anilines is 2. The van der Waals surface area contributed by atoms with Crippen LogP contribution in [0.4, 0.5) is 11.6 Å². The van der Waals surface area contributed by atoms with Crippen molar-refractivity contribution in [2.24, 2.45) is 0 Å². The Morgan fingerprint density at radius 3 is 2.70 bits per heavy atom. The first-order valence-electron chi connectivity index (χ1n) is 7.49. The van der Waals surface area contributed by atoms with E-state index in [1.807, 2.05) is 6.92 Å². The van der Waals surface area contributed by atoms with E-state index in [1.165, 1.54) is 19.3 Å². The lowest BCUT2D eigenvalue weighted by molar-refractivity contribution is 0.633. The van der Waals surface area contributed by atoms with Crippen LogP contribution >= 0.6 is 11.8 Å². The number of nitrogens with zero attached hydrogens (tertiary/aromatic N) is 3. The fourth-order valence-corrected chi connectivity index (χ4v) is 3.70. The first-order chi connectivity index (χ1) is 9.46. The van der Waals surface area contributed by atoms with E-state index in [-0.39, 0.29) is 0 Å². The van der Waals surface area contributed by atoms with Crippen molar-refractivity contribution < 1.29 is 0 Å². The van der Waals surface area contributed by atoms with Crippen molar-refractivity contribution in [3.05, 3.63) is 11.4 Å². The zero-order chi connectivity index (χ0) is 14.3. The Bertz CT molecular complexity index is 511. The lowest BCUT2D eigenvalue weighted by Crippen LogP contribution is -2.29. The van der Waals surface area contributed by atoms with Crippen molar-refractivity contribution in [1.82, 2.24) is 9.97 Å². The summed E-state index contributed by atoms with van der Waals surface area (Å²) in [7, 11) is 0. The van der Waals surface area contributed by atoms with Gasteiger partial charge in [0, 0.05) is 35.1 Å². The lowest BCUT2D eigenvalue weighted by atomic mass is 10.1. The Kier molecular flexibility index (Phi) is 3.56. The average molecular weight is 292 g/mol. The molecule has 0 aromatic carbocycles. The normalized spacial score (nSPS) is 22.6. The Labute approximate surface area is 125 Å². The minimum absolute atomic E-state index is 0.362. The molecule has 2 aliphatic rings. The van der Waals surface area contributed by atoms with E-state index in [0.717, 1.165) is 36.0 Å². The van der Waals surface area contributed by atoms with E-state index in [4.69, 9.17) is 10.7 Å². The summed E-state index contributed by atoms with van der Waals surface area (Å²) in [6.45, 7) is 8.82. The standard InChI is InChI=1S/C15H24N4S/c1-10-12(16)17-13(11-4-5-11)18-14(10)19-7-6-15(2,3)20-9-8-19/h11H,4-9H2,1-3H3,(H2,16,17,18). The first kappa shape index (κ1) is 14.0. The van der Waals surface area contributed by atoms with E-state index in [2.05, 4.69) is 35.5 Å². The van der Waals surface area contributed by atoms with E-state index in [9.17, 15) is 0 Å². The second-order valence-electron chi connectivity index (χ2n) is 6.54. The molecule has 2 heterocycles. The highest BCUT2D eigenvalue weighted by Gasteiger charge is 2.30. The molecule has 1 aromatic rings. The third-order valence-corrected chi connectivity index (χ3v) is 5.63. The number of hydrogen-bond acceptors (Lipinski definition) is 5. The maximum atomic E-state index is 6.10. The molecule has 20 heavy (non-hydrogen) atoms. The topological polar surface area (TPSA) is 55.0 Å². The van der Waals surface area contributed by atoms with E-state index >= 15 is 0 Å². The number of hydrogen-bond donors (Lipinski definition) is 1. The molecule has 2 fully saturated rings. The van der Waals surface area contributed by atoms with Gasteiger partial charge in [0.15, 0.2) is 0 Å². The molecule has 1 aromatic heterocycles. The fraction of sp³-hybridized carbons (Fsp3) is 0.733. The average Bonchev–Trinajstić information content (AvgIpc) is 3.20. The molecule has 0 unspecified atom stereocenters. The van der Waals surface area contributed by atoms with Gasteiger partial charge in [-0.25, -0.2) is 9.97 Å². The summed E-state index contributed by atoms with van der Waals surface area (Å²) < 4.78 is 0.362. The van der Waals surface area contributed by atoms with Crippen LogP contribution in [0.15, 0.2) is 0 Å². The molecule has 0 spiro atoms. The van der Waals surface area contributed by atoms with Crippen LogP contribution in [-0.4, -0.2) is 33.6 Å². The molecule has 110 valence electrons. The largest absolute Gasteiger partial charge is 0.383 e. The van der Waals surface area contributed by atoms with Crippen molar-refractivity contribution >= 4 is 23.4 Å². The highest BCUT2D eigenvalue weighted by molar-refractivity contribution is 8.00. The number of aromatic nitrogens is 2. The fourth-order valence-electron chi connectivity index (χ4n) is 2.60. The second kappa shape index (κ2) is 5.10. The zero-order valence-electron chi connectivity index (χ0n) is 12.6. The van der Waals surface area contributed by atoms with Gasteiger partial charge in [0.25, 0.3) is 0 Å². The predicted molar refractivity (Wildman–Crippen MR) is 86.5 cm³/mol. The third-order valence-electron chi connectivity index (χ3n) is 4.25. The summed E-state index contributed by atoms with van der Waals surface area (Å²) in [5, 5.41) is 0. The van der Waals surface area contributed by atoms with Gasteiger partial charge in [-0.1, -0.05) is 13.8 Å². The Morgan fingerprint density at radius 2 is 2.00 bits per heavy atom. The van der Waals surface area contributed by atoms with Gasteiger partial charge in [-0.15, -0.1) is 0 Å². The van der Waals surface area contributed by atoms with Gasteiger partial charge in [-0.05, 0) is 26.2 Å². The number of thioether (sulfide) groups is 1. The Hall–Kier alpha value is -0.970. The van der Waals surface area contributed by atoms with Gasteiger partial charge in [-0.2, -0.15) is 11.8 Å². The van der Waals surface area contributed by atoms with E-state index < -0.39 is 0 Å². The molecule has 0 bridgehead atoms. The van der Waals surface area contributed by atoms with Crippen molar-refractivity contribution in [2.45, 2.75) is 50.7 Å². The van der Waals surface area contributed by atoms with Gasteiger partial charge in [0.05, 0.1) is 0 Å². The predicted octanol–water partition coefficient (Wildman–Crippen LogP) is 2.97. The van der Waals surface area contributed by atoms with Crippen LogP contribution in [0.1, 0.15) is 50.4 Å². The molecular weight excluding hydrogens is 268 g/mol. The molecule has 4 nitrogen and oxygen atoms in total. The van der Waals surface area contributed by atoms with Gasteiger partial charge < -0.3 is 10.6 Å². The quantitative estimate of drug-likeness (QED) is 0.908. The minimum Gasteiger partial charge on any atom is -0.383 e. The molecule has 1 aliphatic heterocycles. The van der Waals surface area contributed by atoms with Crippen LogP contribution in [-0.2, 0) is 0 Å². The monoisotopic (exact) mass is 292 g/mol. The number of nitrogen functional groups attached to an aromatic ring is 1. The lowest BCUT2D eigenvalue weighted by Gasteiger charge is -2.25. The molecule has 0 atom stereocenters. The minimum atomic E-state index is 0.362. The summed E-state index contributed by atoms with van der Waals surface area (Å²) in [6.07, 6.45) is 3.61. The first-order valence-corrected chi connectivity index (χ1v) is 8.48. The number of rotatable bonds is 2. The van der Waals surface area contributed by atoms with Crippen LogP contribution in [0.3, 0.4) is 0 Å². The molecule has 5 heteroatoms. The summed E-state index contributed by atoms with van der Waals surface area (Å²) in [5.74, 6) is 4.38. The van der Waals surface area contributed by atoms with Crippen molar-refractivity contribution in [1.29, 1.82) is 0 Å². The SMILES string of the molecule is Cc1c(N)nc(C2CC2)nc1N1CCSC(C)(C)CC1. The molecule has 3 rings (SSSR count). The molecule has 2 N–H and O–H groups in total. The van der Waals surface area contributed by atoms with Gasteiger partial charge in [-0.3, -0.25) is 0 Å². The Morgan fingerprint density at radius 1 is 1.25 bits per heavy atom. The maximum Gasteiger partial charge on any atom is 0.137 e. The van der Waals surface area contributed by atoms with Crippen LogP contribution < -0.4 is 10.6 Å². The molecule has 1 saturated heterocycles. The molecular formula is C15H24N4S. The highest BCUT2D eigenvalue weighted by atomic mass is 32.2. The zero-order valence-corrected chi connectivity index (χ0v) is 13.5. The molecule has 1 saturated carbocycles. The van der Waals surface area contributed by atoms with Gasteiger partial charge in [0.2, 0.25) is 0 Å². The second-order valence-corrected chi connectivity index (χ2v) is 8.34. The van der Waals surface area contributed by atoms with Crippen LogP contribution in [0, 0.1) is 6.92 Å². The summed E-state index contributed by atoms with van der Waals surface area (Å²) in [6, 6.07) is 0. The molecule has 0 radical (unpaired) electrons. The van der Waals surface area contributed by atoms with Crippen LogP contribution in [0.25, 0.3) is 0 Å². The van der Waals surface area contributed by atoms with Crippen molar-refractivity contribution in [3.8, 4) is 0 Å². The van der Waals surface area contributed by atoms with E-state index in [0.29, 0.717) is 16.5 Å².